The van der Waals surface area contributed by atoms with Crippen LogP contribution in [0.4, 0.5) is 0 Å². The van der Waals surface area contributed by atoms with Gasteiger partial charge in [-0.25, -0.2) is 4.79 Å². The van der Waals surface area contributed by atoms with Gasteiger partial charge in [-0.1, -0.05) is 101 Å². The predicted molar refractivity (Wildman–Crippen MR) is 241 cm³/mol. The van der Waals surface area contributed by atoms with Crippen molar-refractivity contribution >= 4 is 41.3 Å². The number of ketones is 1. The Kier molecular flexibility index (Phi) is 22.7. The molecule has 0 aromatic heterocycles. The van der Waals surface area contributed by atoms with Crippen molar-refractivity contribution in [3.63, 3.8) is 0 Å². The van der Waals surface area contributed by atoms with Crippen molar-refractivity contribution in [1.29, 1.82) is 0 Å². The molecule has 0 saturated carbocycles. The molecule has 5 atom stereocenters. The molecule has 1 fully saturated rings. The lowest BCUT2D eigenvalue weighted by atomic mass is 9.87. The van der Waals surface area contributed by atoms with Gasteiger partial charge in [0.05, 0.1) is 32.3 Å². The third-order valence-corrected chi connectivity index (χ3v) is 10.7. The van der Waals surface area contributed by atoms with Gasteiger partial charge in [-0.2, -0.15) is 0 Å². The zero-order chi connectivity index (χ0) is 47.1. The van der Waals surface area contributed by atoms with Crippen LogP contribution < -0.4 is 26.6 Å². The number of hydrogen-bond acceptors (Lipinski definition) is 11. The Morgan fingerprint density at radius 2 is 1.28 bits per heavy atom. The minimum absolute atomic E-state index is 0.00375. The molecule has 5 amide bonds. The number of nitrogens with one attached hydrogen (secondary N) is 5. The second-order valence-electron chi connectivity index (χ2n) is 17.1. The SMILES string of the molecule is C#CCNC(=O)COCC(=O)O[C@](C)(CC)C(=O)[C@H](CC(C)C)NC(=O)[C@H](Cc1ccccc1)NC(=O)[C@H](CC(C)C)NC(=O)[C@H](CCc1ccccc1)NC(=O)CN1CCOCC1. The van der Waals surface area contributed by atoms with E-state index in [9.17, 15) is 33.6 Å². The lowest BCUT2D eigenvalue weighted by Gasteiger charge is -2.33. The van der Waals surface area contributed by atoms with Crippen LogP contribution in [0.3, 0.4) is 0 Å². The Morgan fingerprint density at radius 1 is 0.734 bits per heavy atom. The number of aryl methyl sites for hydroxylation is 1. The zero-order valence-corrected chi connectivity index (χ0v) is 38.2. The fraction of sp³-hybridized carbons (Fsp3) is 0.562. The van der Waals surface area contributed by atoms with Crippen LogP contribution in [-0.2, 0) is 60.6 Å². The average Bonchev–Trinajstić information content (AvgIpc) is 3.26. The van der Waals surface area contributed by atoms with Gasteiger partial charge in [0.15, 0.2) is 11.4 Å². The summed E-state index contributed by atoms with van der Waals surface area (Å²) in [5.74, 6) is -2.01. The number of ether oxygens (including phenoxy) is 3. The summed E-state index contributed by atoms with van der Waals surface area (Å²) in [6.45, 7) is 11.9. The van der Waals surface area contributed by atoms with E-state index in [1.54, 1.807) is 19.1 Å². The van der Waals surface area contributed by atoms with Gasteiger partial charge in [-0.3, -0.25) is 33.7 Å². The molecule has 0 spiro atoms. The monoisotopic (exact) mass is 888 g/mol. The quantitative estimate of drug-likeness (QED) is 0.0649. The number of terminal acetylenes is 1. The van der Waals surface area contributed by atoms with E-state index < -0.39 is 78.4 Å². The van der Waals surface area contributed by atoms with E-state index in [-0.39, 0.29) is 62.9 Å². The molecule has 5 N–H and O–H groups in total. The number of amides is 5. The van der Waals surface area contributed by atoms with E-state index in [4.69, 9.17) is 20.6 Å². The van der Waals surface area contributed by atoms with Crippen LogP contribution in [-0.4, -0.2) is 129 Å². The van der Waals surface area contributed by atoms with Crippen molar-refractivity contribution in [3.8, 4) is 12.3 Å². The van der Waals surface area contributed by atoms with Gasteiger partial charge in [-0.15, -0.1) is 6.42 Å². The maximum absolute atomic E-state index is 14.4. The number of Topliss-reactive ketones (excluding diaryl/α,β-unsaturated/α-hetero) is 1. The predicted octanol–water partition coefficient (Wildman–Crippen LogP) is 2.27. The van der Waals surface area contributed by atoms with Crippen molar-refractivity contribution in [2.24, 2.45) is 11.8 Å². The highest BCUT2D eigenvalue weighted by Gasteiger charge is 2.42. The first kappa shape index (κ1) is 52.7. The first-order chi connectivity index (χ1) is 30.5. The van der Waals surface area contributed by atoms with E-state index in [1.807, 2.05) is 81.1 Å². The van der Waals surface area contributed by atoms with Crippen LogP contribution in [0.5, 0.6) is 0 Å². The second kappa shape index (κ2) is 27.5. The van der Waals surface area contributed by atoms with Gasteiger partial charge in [0.1, 0.15) is 31.3 Å². The van der Waals surface area contributed by atoms with Crippen molar-refractivity contribution in [2.75, 3.05) is 52.6 Å². The second-order valence-corrected chi connectivity index (χ2v) is 17.1. The van der Waals surface area contributed by atoms with E-state index >= 15 is 0 Å². The van der Waals surface area contributed by atoms with Crippen LogP contribution in [0.1, 0.15) is 78.4 Å². The van der Waals surface area contributed by atoms with Gasteiger partial charge in [-0.05, 0) is 62.0 Å². The largest absolute Gasteiger partial charge is 0.450 e. The Labute approximate surface area is 378 Å². The van der Waals surface area contributed by atoms with Gasteiger partial charge < -0.3 is 40.8 Å². The molecule has 1 aliphatic rings. The summed E-state index contributed by atoms with van der Waals surface area (Å²) in [7, 11) is 0. The maximum atomic E-state index is 14.4. The molecule has 0 bridgehead atoms. The summed E-state index contributed by atoms with van der Waals surface area (Å²) >= 11 is 0. The highest BCUT2D eigenvalue weighted by molar-refractivity contribution is 5.98. The highest BCUT2D eigenvalue weighted by Crippen LogP contribution is 2.22. The molecule has 2 aromatic rings. The molecule has 3 rings (SSSR count). The fourth-order valence-corrected chi connectivity index (χ4v) is 7.08. The summed E-state index contributed by atoms with van der Waals surface area (Å²) in [5.41, 5.74) is 0.0229. The van der Waals surface area contributed by atoms with Crippen molar-refractivity contribution < 1.29 is 47.8 Å². The van der Waals surface area contributed by atoms with E-state index in [0.29, 0.717) is 32.7 Å². The van der Waals surface area contributed by atoms with E-state index in [0.717, 1.165) is 11.1 Å². The first-order valence-corrected chi connectivity index (χ1v) is 22.2. The summed E-state index contributed by atoms with van der Waals surface area (Å²) in [6, 6.07) is 14.2. The van der Waals surface area contributed by atoms with Crippen LogP contribution in [0.15, 0.2) is 60.7 Å². The molecule has 1 aliphatic heterocycles. The summed E-state index contributed by atoms with van der Waals surface area (Å²) < 4.78 is 16.2. The van der Waals surface area contributed by atoms with E-state index in [2.05, 4.69) is 32.5 Å². The number of nitrogens with zero attached hydrogens (tertiary/aromatic N) is 1. The molecule has 2 aromatic carbocycles. The number of rotatable bonds is 27. The maximum Gasteiger partial charge on any atom is 0.333 e. The molecular weight excluding hydrogens is 821 g/mol. The topological polar surface area (TPSA) is 211 Å². The van der Waals surface area contributed by atoms with Gasteiger partial charge in [0.25, 0.3) is 0 Å². The van der Waals surface area contributed by atoms with Crippen molar-refractivity contribution in [2.45, 2.75) is 110 Å². The normalized spacial score (nSPS) is 15.6. The smallest absolute Gasteiger partial charge is 0.333 e. The molecule has 1 saturated heterocycles. The third kappa shape index (κ3) is 19.0. The van der Waals surface area contributed by atoms with Crippen LogP contribution in [0.2, 0.25) is 0 Å². The van der Waals surface area contributed by atoms with E-state index in [1.165, 1.54) is 6.92 Å². The van der Waals surface area contributed by atoms with Gasteiger partial charge in [0.2, 0.25) is 29.5 Å². The number of hydrogen-bond donors (Lipinski definition) is 5. The van der Waals surface area contributed by atoms with Gasteiger partial charge in [0, 0.05) is 19.5 Å². The summed E-state index contributed by atoms with van der Waals surface area (Å²) in [5, 5.41) is 13.9. The molecule has 0 radical (unpaired) electrons. The number of benzene rings is 2. The highest BCUT2D eigenvalue weighted by atomic mass is 16.6. The minimum atomic E-state index is -1.68. The Bertz CT molecular complexity index is 1860. The summed E-state index contributed by atoms with van der Waals surface area (Å²) in [4.78, 5) is 97.0. The molecule has 0 unspecified atom stereocenters. The van der Waals surface area contributed by atoms with Crippen molar-refractivity contribution in [3.05, 3.63) is 71.8 Å². The lowest BCUT2D eigenvalue weighted by molar-refractivity contribution is -0.171. The molecule has 16 heteroatoms. The van der Waals surface area contributed by atoms with Crippen LogP contribution >= 0.6 is 0 Å². The molecule has 0 aliphatic carbocycles. The summed E-state index contributed by atoms with van der Waals surface area (Å²) in [6.07, 6.45) is 6.42. The Morgan fingerprint density at radius 3 is 1.88 bits per heavy atom. The Balaban J connectivity index is 1.84. The Hall–Kier alpha value is -5.63. The molecular formula is C48H68N6O10. The first-order valence-electron chi connectivity index (χ1n) is 22.2. The standard InChI is InChI=1S/C48H68N6O10/c1-8-22-49-42(56)31-63-32-43(57)64-48(7,9-2)44(58)38(27-33(3)4)51-47(61)40(29-36-18-14-11-15-19-36)53-46(60)39(28-34(5)6)52-45(59)37(21-20-35-16-12-10-13-17-35)50-41(55)30-54-23-25-62-26-24-54/h1,10-19,33-34,37-40H,9,20-32H2,2-7H3,(H,49,56)(H,50,55)(H,51,61)(H,52,59)(H,53,60)/t37-,38-,39-,40-,48+/m0/s1. The molecule has 16 nitrogen and oxygen atoms in total. The lowest BCUT2D eigenvalue weighted by Crippen LogP contribution is -2.60. The molecule has 350 valence electrons. The number of esters is 1. The van der Waals surface area contributed by atoms with Crippen LogP contribution in [0.25, 0.3) is 0 Å². The number of morpholine rings is 1. The zero-order valence-electron chi connectivity index (χ0n) is 38.2. The van der Waals surface area contributed by atoms with Crippen LogP contribution in [0, 0.1) is 24.2 Å². The van der Waals surface area contributed by atoms with Gasteiger partial charge >= 0.3 is 5.97 Å². The average molecular weight is 889 g/mol. The number of carbonyl (C=O) groups excluding carboxylic acids is 7. The fourth-order valence-electron chi connectivity index (χ4n) is 7.08. The van der Waals surface area contributed by atoms with Crippen molar-refractivity contribution in [1.82, 2.24) is 31.5 Å². The number of carbonyl (C=O) groups is 7. The molecule has 64 heavy (non-hydrogen) atoms. The molecule has 1 heterocycles. The third-order valence-electron chi connectivity index (χ3n) is 10.7. The minimum Gasteiger partial charge on any atom is -0.450 e.